The highest BCUT2D eigenvalue weighted by molar-refractivity contribution is 5.92. The van der Waals surface area contributed by atoms with Crippen molar-refractivity contribution < 1.29 is 4.79 Å². The molecule has 1 fully saturated rings. The van der Waals surface area contributed by atoms with Crippen LogP contribution in [0.1, 0.15) is 23.3 Å². The predicted octanol–water partition coefficient (Wildman–Crippen LogP) is -0.0716. The van der Waals surface area contributed by atoms with E-state index in [1.165, 1.54) is 0 Å². The van der Waals surface area contributed by atoms with Crippen molar-refractivity contribution in [3.63, 3.8) is 0 Å². The Morgan fingerprint density at radius 2 is 2.32 bits per heavy atom. The number of nitrogens with one attached hydrogen (secondary N) is 1. The summed E-state index contributed by atoms with van der Waals surface area (Å²) in [6.07, 6.45) is 2.08. The SMILES string of the molecule is CN(C)CC1CCCN1C(=O)c1ccc(NN)nn1. The van der Waals surface area contributed by atoms with E-state index in [1.54, 1.807) is 12.1 Å². The van der Waals surface area contributed by atoms with Gasteiger partial charge < -0.3 is 15.2 Å². The highest BCUT2D eigenvalue weighted by atomic mass is 16.2. The summed E-state index contributed by atoms with van der Waals surface area (Å²) in [5, 5.41) is 7.74. The molecule has 0 bridgehead atoms. The van der Waals surface area contributed by atoms with Crippen LogP contribution in [-0.2, 0) is 0 Å². The largest absolute Gasteiger partial charge is 0.333 e. The average Bonchev–Trinajstić information content (AvgIpc) is 2.85. The molecule has 104 valence electrons. The molecular weight excluding hydrogens is 244 g/mol. The molecule has 1 amide bonds. The van der Waals surface area contributed by atoms with E-state index in [-0.39, 0.29) is 11.9 Å². The van der Waals surface area contributed by atoms with Crippen LogP contribution >= 0.6 is 0 Å². The van der Waals surface area contributed by atoms with Crippen LogP contribution in [0.5, 0.6) is 0 Å². The van der Waals surface area contributed by atoms with Crippen molar-refractivity contribution in [3.8, 4) is 0 Å². The molecule has 2 rings (SSSR count). The number of rotatable bonds is 4. The number of carbonyl (C=O) groups excluding carboxylic acids is 1. The van der Waals surface area contributed by atoms with Gasteiger partial charge in [0.25, 0.3) is 5.91 Å². The van der Waals surface area contributed by atoms with Gasteiger partial charge in [-0.1, -0.05) is 0 Å². The standard InChI is InChI=1S/C12H20N6O/c1-17(2)8-9-4-3-7-18(9)12(19)10-5-6-11(14-13)16-15-10/h5-6,9H,3-4,7-8,13H2,1-2H3,(H,14,16). The molecule has 3 N–H and O–H groups in total. The zero-order chi connectivity index (χ0) is 13.8. The number of hydrogen-bond donors (Lipinski definition) is 2. The first-order chi connectivity index (χ1) is 9.11. The minimum atomic E-state index is -0.0552. The molecule has 0 aromatic carbocycles. The summed E-state index contributed by atoms with van der Waals surface area (Å²) in [4.78, 5) is 16.4. The van der Waals surface area contributed by atoms with Crippen molar-refractivity contribution in [1.29, 1.82) is 0 Å². The Bertz CT molecular complexity index is 432. The zero-order valence-corrected chi connectivity index (χ0v) is 11.3. The van der Waals surface area contributed by atoms with Gasteiger partial charge in [0.1, 0.15) is 0 Å². The fourth-order valence-electron chi connectivity index (χ4n) is 2.38. The van der Waals surface area contributed by atoms with Crippen LogP contribution < -0.4 is 11.3 Å². The number of anilines is 1. The third-order valence-electron chi connectivity index (χ3n) is 3.25. The molecule has 19 heavy (non-hydrogen) atoms. The van der Waals surface area contributed by atoms with Gasteiger partial charge in [0.05, 0.1) is 0 Å². The number of likely N-dealkylation sites (tertiary alicyclic amines) is 1. The Morgan fingerprint density at radius 3 is 2.89 bits per heavy atom. The zero-order valence-electron chi connectivity index (χ0n) is 11.3. The van der Waals surface area contributed by atoms with Crippen LogP contribution in [0.15, 0.2) is 12.1 Å². The van der Waals surface area contributed by atoms with E-state index >= 15 is 0 Å². The Kier molecular flexibility index (Phi) is 4.28. The van der Waals surface area contributed by atoms with Crippen molar-refractivity contribution in [2.24, 2.45) is 5.84 Å². The van der Waals surface area contributed by atoms with E-state index < -0.39 is 0 Å². The molecular formula is C12H20N6O. The second-order valence-corrected chi connectivity index (χ2v) is 5.00. The molecule has 0 spiro atoms. The van der Waals surface area contributed by atoms with Gasteiger partial charge in [0.2, 0.25) is 0 Å². The summed E-state index contributed by atoms with van der Waals surface area (Å²) in [5.41, 5.74) is 2.76. The maximum atomic E-state index is 12.4. The van der Waals surface area contributed by atoms with Crippen LogP contribution in [0.2, 0.25) is 0 Å². The number of amides is 1. The molecule has 1 aromatic heterocycles. The van der Waals surface area contributed by atoms with Crippen LogP contribution in [0, 0.1) is 0 Å². The Balaban J connectivity index is 2.09. The second-order valence-electron chi connectivity index (χ2n) is 5.00. The normalized spacial score (nSPS) is 18.9. The molecule has 1 aliphatic heterocycles. The quantitative estimate of drug-likeness (QED) is 0.584. The van der Waals surface area contributed by atoms with Crippen LogP contribution in [0.25, 0.3) is 0 Å². The summed E-state index contributed by atoms with van der Waals surface area (Å²) in [6.45, 7) is 1.66. The molecule has 1 atom stereocenters. The number of hydrogen-bond acceptors (Lipinski definition) is 6. The lowest BCUT2D eigenvalue weighted by Gasteiger charge is -2.26. The van der Waals surface area contributed by atoms with E-state index in [0.717, 1.165) is 25.9 Å². The summed E-state index contributed by atoms with van der Waals surface area (Å²) >= 11 is 0. The second kappa shape index (κ2) is 5.94. The molecule has 2 heterocycles. The minimum Gasteiger partial charge on any atom is -0.333 e. The molecule has 1 unspecified atom stereocenters. The average molecular weight is 264 g/mol. The fourth-order valence-corrected chi connectivity index (χ4v) is 2.38. The summed E-state index contributed by atoms with van der Waals surface area (Å²) in [7, 11) is 4.03. The number of nitrogen functional groups attached to an aromatic ring is 1. The minimum absolute atomic E-state index is 0.0552. The molecule has 0 aliphatic carbocycles. The summed E-state index contributed by atoms with van der Waals surface area (Å²) < 4.78 is 0. The third-order valence-corrected chi connectivity index (χ3v) is 3.25. The number of carbonyl (C=O) groups is 1. The van der Waals surface area contributed by atoms with Crippen molar-refractivity contribution in [2.45, 2.75) is 18.9 Å². The van der Waals surface area contributed by atoms with Crippen molar-refractivity contribution in [3.05, 3.63) is 17.8 Å². The topological polar surface area (TPSA) is 87.4 Å². The summed E-state index contributed by atoms with van der Waals surface area (Å²) in [6, 6.07) is 3.56. The monoisotopic (exact) mass is 264 g/mol. The van der Waals surface area contributed by atoms with E-state index in [9.17, 15) is 4.79 Å². The molecule has 0 radical (unpaired) electrons. The lowest BCUT2D eigenvalue weighted by atomic mass is 10.2. The first kappa shape index (κ1) is 13.7. The number of likely N-dealkylation sites (N-methyl/N-ethyl adjacent to an activating group) is 1. The van der Waals surface area contributed by atoms with E-state index in [4.69, 9.17) is 5.84 Å². The first-order valence-corrected chi connectivity index (χ1v) is 6.38. The maximum Gasteiger partial charge on any atom is 0.274 e. The molecule has 7 heteroatoms. The fraction of sp³-hybridized carbons (Fsp3) is 0.583. The van der Waals surface area contributed by atoms with Crippen LogP contribution in [-0.4, -0.2) is 59.1 Å². The van der Waals surface area contributed by atoms with Gasteiger partial charge in [-0.05, 0) is 39.1 Å². The van der Waals surface area contributed by atoms with E-state index in [1.807, 2.05) is 19.0 Å². The lowest BCUT2D eigenvalue weighted by Crippen LogP contribution is -2.41. The van der Waals surface area contributed by atoms with Crippen LogP contribution in [0.3, 0.4) is 0 Å². The lowest BCUT2D eigenvalue weighted by molar-refractivity contribution is 0.0709. The Morgan fingerprint density at radius 1 is 1.53 bits per heavy atom. The van der Waals surface area contributed by atoms with Gasteiger partial charge in [-0.3, -0.25) is 4.79 Å². The molecule has 0 saturated carbocycles. The Labute approximate surface area is 112 Å². The number of aromatic nitrogens is 2. The Hall–Kier alpha value is -1.73. The maximum absolute atomic E-state index is 12.4. The van der Waals surface area contributed by atoms with Gasteiger partial charge in [-0.15, -0.1) is 10.2 Å². The van der Waals surface area contributed by atoms with Crippen molar-refractivity contribution in [2.75, 3.05) is 32.6 Å². The van der Waals surface area contributed by atoms with Crippen molar-refractivity contribution in [1.82, 2.24) is 20.0 Å². The number of nitrogens with two attached hydrogens (primary N) is 1. The van der Waals surface area contributed by atoms with Gasteiger partial charge in [-0.25, -0.2) is 5.84 Å². The molecule has 1 aromatic rings. The summed E-state index contributed by atoms with van der Waals surface area (Å²) in [5.74, 6) is 5.61. The molecule has 7 nitrogen and oxygen atoms in total. The molecule has 1 saturated heterocycles. The first-order valence-electron chi connectivity index (χ1n) is 6.38. The van der Waals surface area contributed by atoms with Gasteiger partial charge in [0, 0.05) is 19.1 Å². The number of nitrogens with zero attached hydrogens (tertiary/aromatic N) is 4. The van der Waals surface area contributed by atoms with Crippen molar-refractivity contribution >= 4 is 11.7 Å². The predicted molar refractivity (Wildman–Crippen MR) is 72.5 cm³/mol. The highest BCUT2D eigenvalue weighted by Gasteiger charge is 2.30. The highest BCUT2D eigenvalue weighted by Crippen LogP contribution is 2.20. The van der Waals surface area contributed by atoms with Gasteiger partial charge >= 0.3 is 0 Å². The molecule has 1 aliphatic rings. The third kappa shape index (κ3) is 3.18. The van der Waals surface area contributed by atoms with Gasteiger partial charge in [0.15, 0.2) is 11.5 Å². The van der Waals surface area contributed by atoms with E-state index in [0.29, 0.717) is 11.5 Å². The smallest absolute Gasteiger partial charge is 0.274 e. The van der Waals surface area contributed by atoms with E-state index in [2.05, 4.69) is 20.5 Å². The van der Waals surface area contributed by atoms with Crippen LogP contribution in [0.4, 0.5) is 5.82 Å². The van der Waals surface area contributed by atoms with Gasteiger partial charge in [-0.2, -0.15) is 0 Å². The number of hydrazine groups is 1.